The maximum atomic E-state index is 13.1. The molecule has 2 amide bonds. The molecule has 1 aromatic heterocycles. The predicted molar refractivity (Wildman–Crippen MR) is 122 cm³/mol. The Bertz CT molecular complexity index is 1180. The van der Waals surface area contributed by atoms with Gasteiger partial charge in [0, 0.05) is 25.2 Å². The highest BCUT2D eigenvalue weighted by Gasteiger charge is 2.34. The first-order valence-corrected chi connectivity index (χ1v) is 12.6. The molecule has 0 bridgehead atoms. The van der Waals surface area contributed by atoms with Gasteiger partial charge in [0.1, 0.15) is 12.1 Å². The van der Waals surface area contributed by atoms with Crippen molar-refractivity contribution in [3.63, 3.8) is 0 Å². The Morgan fingerprint density at radius 3 is 2.58 bits per heavy atom. The zero-order valence-electron chi connectivity index (χ0n) is 17.4. The number of hydrogen-bond donors (Lipinski definition) is 4. The van der Waals surface area contributed by atoms with Gasteiger partial charge < -0.3 is 20.4 Å². The van der Waals surface area contributed by atoms with Gasteiger partial charge in [-0.1, -0.05) is 24.6 Å². The van der Waals surface area contributed by atoms with Crippen LogP contribution in [0.5, 0.6) is 0 Å². The molecule has 0 spiro atoms. The number of rotatable bonds is 9. The SMILES string of the molecule is CCc1c(N2CC[C@@H](O)C2=O)cccc1S(=O)(=O)N[C@@H](CNC(=O)c1ccc(Cl)s1)C(=O)O. The predicted octanol–water partition coefficient (Wildman–Crippen LogP) is 1.22. The van der Waals surface area contributed by atoms with Crippen molar-refractivity contribution < 1.29 is 33.0 Å². The van der Waals surface area contributed by atoms with Crippen LogP contribution in [0.1, 0.15) is 28.6 Å². The Hall–Kier alpha value is -2.51. The number of halogens is 1. The van der Waals surface area contributed by atoms with Crippen molar-refractivity contribution in [1.82, 2.24) is 10.0 Å². The highest BCUT2D eigenvalue weighted by molar-refractivity contribution is 7.89. The van der Waals surface area contributed by atoms with Crippen LogP contribution < -0.4 is 14.9 Å². The van der Waals surface area contributed by atoms with Gasteiger partial charge in [-0.15, -0.1) is 11.3 Å². The average Bonchev–Trinajstić information content (AvgIpc) is 3.35. The van der Waals surface area contributed by atoms with Gasteiger partial charge in [-0.2, -0.15) is 4.72 Å². The molecule has 13 heteroatoms. The number of thiophene rings is 1. The second-order valence-electron chi connectivity index (χ2n) is 7.23. The van der Waals surface area contributed by atoms with Crippen LogP contribution in [-0.4, -0.2) is 61.6 Å². The lowest BCUT2D eigenvalue weighted by atomic mass is 10.1. The van der Waals surface area contributed by atoms with Gasteiger partial charge in [0.2, 0.25) is 10.0 Å². The van der Waals surface area contributed by atoms with Crippen LogP contribution in [0.2, 0.25) is 4.34 Å². The number of benzene rings is 1. The topological polar surface area (TPSA) is 153 Å². The number of carbonyl (C=O) groups excluding carboxylic acids is 2. The van der Waals surface area contributed by atoms with E-state index < -0.39 is 46.5 Å². The van der Waals surface area contributed by atoms with Crippen LogP contribution >= 0.6 is 22.9 Å². The van der Waals surface area contributed by atoms with Gasteiger partial charge in [0.25, 0.3) is 11.8 Å². The van der Waals surface area contributed by atoms with E-state index in [9.17, 15) is 33.0 Å². The molecular weight excluding hydrogens is 494 g/mol. The summed E-state index contributed by atoms with van der Waals surface area (Å²) in [7, 11) is -4.34. The van der Waals surface area contributed by atoms with Crippen molar-refractivity contribution in [2.45, 2.75) is 36.8 Å². The molecule has 178 valence electrons. The third-order valence-electron chi connectivity index (χ3n) is 5.08. The fourth-order valence-electron chi connectivity index (χ4n) is 3.47. The van der Waals surface area contributed by atoms with Gasteiger partial charge in [-0.25, -0.2) is 8.42 Å². The molecule has 4 N–H and O–H groups in total. The smallest absolute Gasteiger partial charge is 0.323 e. The number of nitrogens with one attached hydrogen (secondary N) is 2. The highest BCUT2D eigenvalue weighted by atomic mass is 35.5. The molecular formula is C20H22ClN3O7S2. The van der Waals surface area contributed by atoms with E-state index in [-0.39, 0.29) is 29.2 Å². The molecule has 1 fully saturated rings. The Kier molecular flexibility index (Phi) is 7.75. The van der Waals surface area contributed by atoms with Gasteiger partial charge in [-0.3, -0.25) is 14.4 Å². The molecule has 1 aromatic carbocycles. The number of aliphatic hydroxyl groups is 1. The number of carbonyl (C=O) groups is 3. The van der Waals surface area contributed by atoms with Crippen LogP contribution in [0, 0.1) is 0 Å². The summed E-state index contributed by atoms with van der Waals surface area (Å²) in [6.07, 6.45) is -0.681. The Morgan fingerprint density at radius 2 is 2.03 bits per heavy atom. The molecule has 1 saturated heterocycles. The summed E-state index contributed by atoms with van der Waals surface area (Å²) in [5.74, 6) is -2.58. The number of aliphatic carboxylic acids is 1. The molecule has 33 heavy (non-hydrogen) atoms. The first-order chi connectivity index (χ1) is 15.5. The van der Waals surface area contributed by atoms with Gasteiger partial charge in [-0.05, 0) is 36.2 Å². The highest BCUT2D eigenvalue weighted by Crippen LogP contribution is 2.31. The van der Waals surface area contributed by atoms with E-state index >= 15 is 0 Å². The number of aliphatic hydroxyl groups excluding tert-OH is 1. The fraction of sp³-hybridized carbons (Fsp3) is 0.350. The van der Waals surface area contributed by atoms with Crippen molar-refractivity contribution >= 4 is 56.4 Å². The number of anilines is 1. The second-order valence-corrected chi connectivity index (χ2v) is 10.6. The molecule has 2 heterocycles. The summed E-state index contributed by atoms with van der Waals surface area (Å²) in [4.78, 5) is 37.5. The number of carboxylic acids is 1. The quantitative estimate of drug-likeness (QED) is 0.391. The first kappa shape index (κ1) is 25.1. The van der Waals surface area contributed by atoms with E-state index in [1.54, 1.807) is 13.0 Å². The van der Waals surface area contributed by atoms with Crippen LogP contribution in [0.25, 0.3) is 0 Å². The van der Waals surface area contributed by atoms with Gasteiger partial charge in [0.05, 0.1) is 14.1 Å². The van der Waals surface area contributed by atoms with E-state index in [2.05, 4.69) is 10.0 Å². The standard InChI is InChI=1S/C20H22ClN3O7S2/c1-2-11-13(24-9-8-14(25)19(24)27)4-3-5-16(11)33(30,31)23-12(20(28)29)10-22-18(26)15-6-7-17(21)32-15/h3-7,12,14,23,25H,2,8-10H2,1H3,(H,22,26)(H,28,29)/t12-,14+/m0/s1. The van der Waals surface area contributed by atoms with E-state index in [4.69, 9.17) is 11.6 Å². The van der Waals surface area contributed by atoms with Crippen LogP contribution in [0.15, 0.2) is 35.2 Å². The average molecular weight is 516 g/mol. The summed E-state index contributed by atoms with van der Waals surface area (Å²) in [5, 5.41) is 21.7. The largest absolute Gasteiger partial charge is 0.480 e. The number of nitrogens with zero attached hydrogens (tertiary/aromatic N) is 1. The molecule has 2 atom stereocenters. The van der Waals surface area contributed by atoms with Gasteiger partial charge >= 0.3 is 5.97 Å². The zero-order chi connectivity index (χ0) is 24.3. The van der Waals surface area contributed by atoms with E-state index in [1.165, 1.54) is 29.2 Å². The Labute approximate surface area is 199 Å². The lowest BCUT2D eigenvalue weighted by Crippen LogP contribution is -2.48. The molecule has 2 aromatic rings. The van der Waals surface area contributed by atoms with E-state index in [0.29, 0.717) is 15.6 Å². The molecule has 0 radical (unpaired) electrons. The van der Waals surface area contributed by atoms with Crippen LogP contribution in [0.3, 0.4) is 0 Å². The molecule has 0 aliphatic carbocycles. The number of hydrogen-bond acceptors (Lipinski definition) is 7. The minimum absolute atomic E-state index is 0.181. The summed E-state index contributed by atoms with van der Waals surface area (Å²) >= 11 is 6.79. The zero-order valence-corrected chi connectivity index (χ0v) is 19.8. The molecule has 10 nitrogen and oxygen atoms in total. The van der Waals surface area contributed by atoms with Crippen molar-refractivity contribution in [1.29, 1.82) is 0 Å². The summed E-state index contributed by atoms with van der Waals surface area (Å²) in [6.45, 7) is 1.44. The molecule has 0 saturated carbocycles. The molecule has 1 aliphatic rings. The molecule has 1 aliphatic heterocycles. The molecule has 3 rings (SSSR count). The van der Waals surface area contributed by atoms with Crippen molar-refractivity contribution in [3.8, 4) is 0 Å². The normalized spacial score (nSPS) is 17.2. The van der Waals surface area contributed by atoms with Crippen molar-refractivity contribution in [2.24, 2.45) is 0 Å². The first-order valence-electron chi connectivity index (χ1n) is 9.95. The van der Waals surface area contributed by atoms with E-state index in [0.717, 1.165) is 11.3 Å². The van der Waals surface area contributed by atoms with Crippen LogP contribution in [-0.2, 0) is 26.0 Å². The number of amides is 2. The van der Waals surface area contributed by atoms with Crippen LogP contribution in [0.4, 0.5) is 5.69 Å². The number of carboxylic acid groups (broad SMARTS) is 1. The maximum Gasteiger partial charge on any atom is 0.323 e. The third kappa shape index (κ3) is 5.53. The second kappa shape index (κ2) is 10.2. The summed E-state index contributed by atoms with van der Waals surface area (Å²) in [5.41, 5.74) is 0.658. The molecule has 0 unspecified atom stereocenters. The van der Waals surface area contributed by atoms with Gasteiger partial charge in [0.15, 0.2) is 0 Å². The minimum Gasteiger partial charge on any atom is -0.480 e. The summed E-state index contributed by atoms with van der Waals surface area (Å²) < 4.78 is 28.7. The lowest BCUT2D eigenvalue weighted by Gasteiger charge is -2.22. The Morgan fingerprint density at radius 1 is 1.30 bits per heavy atom. The summed E-state index contributed by atoms with van der Waals surface area (Å²) in [6, 6.07) is 5.68. The minimum atomic E-state index is -4.34. The van der Waals surface area contributed by atoms with Crippen molar-refractivity contribution in [3.05, 3.63) is 45.1 Å². The van der Waals surface area contributed by atoms with Crippen molar-refractivity contribution in [2.75, 3.05) is 18.0 Å². The fourth-order valence-corrected chi connectivity index (χ4v) is 5.94. The maximum absolute atomic E-state index is 13.1. The van der Waals surface area contributed by atoms with E-state index in [1.807, 2.05) is 0 Å². The third-order valence-corrected chi connectivity index (χ3v) is 7.86. The lowest BCUT2D eigenvalue weighted by molar-refractivity contribution is -0.138. The Balaban J connectivity index is 1.83. The monoisotopic (exact) mass is 515 g/mol. The number of sulfonamides is 1.